The number of rotatable bonds is 4. The number of aromatic nitrogens is 6. The Morgan fingerprint density at radius 1 is 0.757 bits per heavy atom. The predicted molar refractivity (Wildman–Crippen MR) is 143 cm³/mol. The van der Waals surface area contributed by atoms with Crippen LogP contribution >= 0.6 is 0 Å². The van der Waals surface area contributed by atoms with Gasteiger partial charge in [-0.05, 0) is 43.5 Å². The van der Waals surface area contributed by atoms with Gasteiger partial charge in [0.25, 0.3) is 0 Å². The molecule has 0 saturated heterocycles. The smallest absolute Gasteiger partial charge is 0.228 e. The van der Waals surface area contributed by atoms with E-state index in [0.29, 0.717) is 22.9 Å². The highest BCUT2D eigenvalue weighted by Crippen LogP contribution is 2.33. The Morgan fingerprint density at radius 2 is 1.24 bits per heavy atom. The average molecular weight is 493 g/mol. The molecule has 0 aliphatic heterocycles. The largest absolute Gasteiger partial charge is 0.235 e. The second-order valence-corrected chi connectivity index (χ2v) is 11.8. The molecule has 4 aromatic heterocycles. The third kappa shape index (κ3) is 4.88. The highest BCUT2D eigenvalue weighted by Gasteiger charge is 2.29. The van der Waals surface area contributed by atoms with Crippen LogP contribution in [0.1, 0.15) is 83.7 Å². The molecule has 0 amide bonds. The first-order valence-corrected chi connectivity index (χ1v) is 12.2. The van der Waals surface area contributed by atoms with Gasteiger partial charge in [0.2, 0.25) is 5.69 Å². The molecule has 8 nitrogen and oxygen atoms in total. The Hall–Kier alpha value is -4.30. The summed E-state index contributed by atoms with van der Waals surface area (Å²) in [5.74, 6) is 1.28. The molecule has 4 heterocycles. The maximum atomic E-state index is 9.62. The molecule has 0 N–H and O–H groups in total. The zero-order valence-corrected chi connectivity index (χ0v) is 22.7. The highest BCUT2D eigenvalue weighted by molar-refractivity contribution is 5.52. The Balaban J connectivity index is 1.74. The van der Waals surface area contributed by atoms with Crippen LogP contribution in [0.4, 0.5) is 5.69 Å². The number of nitrogens with zero attached hydrogens (tertiary/aromatic N) is 8. The quantitative estimate of drug-likeness (QED) is 0.317. The lowest BCUT2D eigenvalue weighted by molar-refractivity contribution is 0.555. The molecule has 0 atom stereocenters. The van der Waals surface area contributed by atoms with Crippen LogP contribution in [0.5, 0.6) is 0 Å². The van der Waals surface area contributed by atoms with Gasteiger partial charge in [-0.2, -0.15) is 15.5 Å². The van der Waals surface area contributed by atoms with Crippen molar-refractivity contribution in [3.05, 3.63) is 88.5 Å². The van der Waals surface area contributed by atoms with Gasteiger partial charge < -0.3 is 0 Å². The third-order valence-corrected chi connectivity index (χ3v) is 6.29. The van der Waals surface area contributed by atoms with Crippen LogP contribution in [0, 0.1) is 17.9 Å². The van der Waals surface area contributed by atoms with Crippen molar-refractivity contribution in [2.75, 3.05) is 0 Å². The van der Waals surface area contributed by atoms with Crippen molar-refractivity contribution < 1.29 is 0 Å². The van der Waals surface area contributed by atoms with E-state index in [9.17, 15) is 5.26 Å². The lowest BCUT2D eigenvalue weighted by Crippen LogP contribution is -2.23. The molecule has 37 heavy (non-hydrogen) atoms. The minimum Gasteiger partial charge on any atom is -0.235 e. The van der Waals surface area contributed by atoms with Crippen LogP contribution in [-0.4, -0.2) is 29.5 Å². The second-order valence-electron chi connectivity index (χ2n) is 11.8. The average Bonchev–Trinajstić information content (AvgIpc) is 3.49. The lowest BCUT2D eigenvalue weighted by Gasteiger charge is -2.24. The van der Waals surface area contributed by atoms with Gasteiger partial charge in [0.1, 0.15) is 6.07 Å². The molecule has 188 valence electrons. The van der Waals surface area contributed by atoms with Crippen LogP contribution < -0.4 is 0 Å². The lowest BCUT2D eigenvalue weighted by atomic mass is 9.84. The van der Waals surface area contributed by atoms with Crippen LogP contribution in [0.25, 0.3) is 16.5 Å². The van der Waals surface area contributed by atoms with Crippen molar-refractivity contribution in [1.82, 2.24) is 29.5 Å². The Kier molecular flexibility index (Phi) is 6.25. The van der Waals surface area contributed by atoms with E-state index in [-0.39, 0.29) is 10.8 Å². The third-order valence-electron chi connectivity index (χ3n) is 6.29. The Morgan fingerprint density at radius 3 is 1.65 bits per heavy atom. The molecule has 0 saturated carbocycles. The molecule has 0 radical (unpaired) electrons. The monoisotopic (exact) mass is 492 g/mol. The molecular formula is C29H32N8. The molecule has 0 unspecified atom stereocenters. The van der Waals surface area contributed by atoms with Gasteiger partial charge in [-0.3, -0.25) is 0 Å². The summed E-state index contributed by atoms with van der Waals surface area (Å²) in [6.07, 6.45) is 3.47. The van der Waals surface area contributed by atoms with E-state index >= 15 is 0 Å². The van der Waals surface area contributed by atoms with E-state index in [4.69, 9.17) is 26.7 Å². The van der Waals surface area contributed by atoms with Crippen molar-refractivity contribution in [3.63, 3.8) is 0 Å². The highest BCUT2D eigenvalue weighted by atomic mass is 15.3. The normalized spacial score (nSPS) is 12.3. The maximum Gasteiger partial charge on any atom is 0.228 e. The molecule has 0 fully saturated rings. The van der Waals surface area contributed by atoms with E-state index in [1.54, 1.807) is 21.8 Å². The first kappa shape index (κ1) is 25.8. The number of nitriles is 1. The van der Waals surface area contributed by atoms with Crippen molar-refractivity contribution in [2.24, 2.45) is 0 Å². The number of hydrogen-bond acceptors (Lipinski definition) is 5. The van der Waals surface area contributed by atoms with E-state index < -0.39 is 5.41 Å². The SMILES string of the molecule is [C-]#[N+]c1cn(-c2cccc(C(C)(C)c3cccc(-n4cc(C#N)c(C(C)(C)C)n4)n3)n2)nc1C(C)(C)C. The second kappa shape index (κ2) is 8.97. The molecular weight excluding hydrogens is 460 g/mol. The Labute approximate surface area is 218 Å². The van der Waals surface area contributed by atoms with Crippen LogP contribution in [0.3, 0.4) is 0 Å². The van der Waals surface area contributed by atoms with Crippen molar-refractivity contribution >= 4 is 5.69 Å². The minimum atomic E-state index is -0.535. The summed E-state index contributed by atoms with van der Waals surface area (Å²) in [5, 5.41) is 19.0. The van der Waals surface area contributed by atoms with E-state index in [1.807, 2.05) is 77.9 Å². The van der Waals surface area contributed by atoms with Crippen molar-refractivity contribution in [2.45, 2.75) is 71.6 Å². The van der Waals surface area contributed by atoms with Crippen LogP contribution in [0.15, 0.2) is 48.8 Å². The molecule has 4 aromatic rings. The molecule has 0 aromatic carbocycles. The van der Waals surface area contributed by atoms with Crippen molar-refractivity contribution in [1.29, 1.82) is 5.26 Å². The molecule has 0 aliphatic rings. The summed E-state index contributed by atoms with van der Waals surface area (Å²) in [7, 11) is 0. The summed E-state index contributed by atoms with van der Waals surface area (Å²) in [4.78, 5) is 13.5. The van der Waals surface area contributed by atoms with Gasteiger partial charge in [-0.1, -0.05) is 53.7 Å². The maximum absolute atomic E-state index is 9.62. The van der Waals surface area contributed by atoms with Gasteiger partial charge in [0.15, 0.2) is 11.6 Å². The number of hydrogen-bond donors (Lipinski definition) is 0. The van der Waals surface area contributed by atoms with E-state index in [2.05, 4.69) is 24.8 Å². The zero-order valence-electron chi connectivity index (χ0n) is 22.7. The summed E-state index contributed by atoms with van der Waals surface area (Å²) in [5.41, 5.74) is 3.14. The summed E-state index contributed by atoms with van der Waals surface area (Å²) < 4.78 is 3.35. The summed E-state index contributed by atoms with van der Waals surface area (Å²) in [6, 6.07) is 13.9. The van der Waals surface area contributed by atoms with Gasteiger partial charge in [0, 0.05) is 17.0 Å². The topological polar surface area (TPSA) is 89.6 Å². The van der Waals surface area contributed by atoms with E-state index in [1.165, 1.54) is 0 Å². The van der Waals surface area contributed by atoms with Crippen molar-refractivity contribution in [3.8, 4) is 17.7 Å². The first-order chi connectivity index (χ1) is 17.3. The summed E-state index contributed by atoms with van der Waals surface area (Å²) >= 11 is 0. The Bertz CT molecular complexity index is 1430. The van der Waals surface area contributed by atoms with Crippen LogP contribution in [0.2, 0.25) is 0 Å². The first-order valence-electron chi connectivity index (χ1n) is 12.2. The molecule has 4 rings (SSSR count). The molecule has 8 heteroatoms. The fourth-order valence-electron chi connectivity index (χ4n) is 4.15. The van der Waals surface area contributed by atoms with Gasteiger partial charge >= 0.3 is 0 Å². The molecule has 0 aliphatic carbocycles. The van der Waals surface area contributed by atoms with E-state index in [0.717, 1.165) is 22.8 Å². The van der Waals surface area contributed by atoms with Crippen LogP contribution in [-0.2, 0) is 16.2 Å². The van der Waals surface area contributed by atoms with Gasteiger partial charge in [0.05, 0.1) is 41.1 Å². The molecule has 0 bridgehead atoms. The fraction of sp³-hybridized carbons (Fsp3) is 0.379. The van der Waals surface area contributed by atoms with Gasteiger partial charge in [-0.15, -0.1) is 0 Å². The summed E-state index contributed by atoms with van der Waals surface area (Å²) in [6.45, 7) is 24.0. The zero-order chi connectivity index (χ0) is 27.2. The predicted octanol–water partition coefficient (Wildman–Crippen LogP) is 6.19. The van der Waals surface area contributed by atoms with Gasteiger partial charge in [-0.25, -0.2) is 24.2 Å². The minimum absolute atomic E-state index is 0.253. The molecule has 0 spiro atoms. The fourth-order valence-corrected chi connectivity index (χ4v) is 4.15. The number of pyridine rings is 2. The standard InChI is InChI=1S/C29H32N8/c1-27(2,3)25-19(16-30)17-36(34-25)23-14-10-12-21(32-23)29(7,8)22-13-11-15-24(33-22)37-18-20(31-9)26(35-37)28(4,5)6/h10-15,17-18H,1-8H3.